The molecule has 0 aliphatic carbocycles. The molecule has 1 aliphatic rings. The first-order valence-corrected chi connectivity index (χ1v) is 8.50. The van der Waals surface area contributed by atoms with E-state index in [1.165, 1.54) is 11.3 Å². The number of nitrogens with zero attached hydrogens (tertiary/aromatic N) is 1. The van der Waals surface area contributed by atoms with Crippen LogP contribution in [0.1, 0.15) is 29.7 Å². The largest absolute Gasteiger partial charge is 0.366 e. The predicted molar refractivity (Wildman–Crippen MR) is 113 cm³/mol. The summed E-state index contributed by atoms with van der Waals surface area (Å²) >= 11 is 0. The van der Waals surface area contributed by atoms with E-state index in [0.29, 0.717) is 6.54 Å². The highest BCUT2D eigenvalue weighted by Gasteiger charge is 2.24. The van der Waals surface area contributed by atoms with E-state index in [1.54, 1.807) is 0 Å². The number of aryl methyl sites for hydroxylation is 1. The number of hydrogen-bond acceptors (Lipinski definition) is 3. The van der Waals surface area contributed by atoms with Crippen molar-refractivity contribution in [3.05, 3.63) is 65.2 Å². The maximum Gasteiger partial charge on any atom is 0.241 e. The number of rotatable bonds is 5. The number of carbonyl (C=O) groups is 1. The Kier molecular flexibility index (Phi) is 8.41. The summed E-state index contributed by atoms with van der Waals surface area (Å²) in [5, 5.41) is 3.00. The van der Waals surface area contributed by atoms with Gasteiger partial charge in [-0.25, -0.2) is 0 Å². The van der Waals surface area contributed by atoms with E-state index in [-0.39, 0.29) is 36.8 Å². The fourth-order valence-electron chi connectivity index (χ4n) is 3.22. The van der Waals surface area contributed by atoms with Crippen LogP contribution in [0.2, 0.25) is 0 Å². The van der Waals surface area contributed by atoms with Crippen molar-refractivity contribution in [2.24, 2.45) is 5.73 Å². The number of hydrogen-bond donors (Lipinski definition) is 2. The van der Waals surface area contributed by atoms with Gasteiger partial charge in [0.15, 0.2) is 0 Å². The molecule has 0 saturated carbocycles. The molecule has 0 fully saturated rings. The minimum atomic E-state index is -0.622. The Morgan fingerprint density at radius 3 is 2.50 bits per heavy atom. The molecule has 3 rings (SSSR count). The van der Waals surface area contributed by atoms with Crippen molar-refractivity contribution >= 4 is 36.4 Å². The number of anilines is 1. The summed E-state index contributed by atoms with van der Waals surface area (Å²) in [6, 6.07) is 15.9. The van der Waals surface area contributed by atoms with Crippen LogP contribution in [-0.4, -0.2) is 25.0 Å². The van der Waals surface area contributed by atoms with E-state index in [4.69, 9.17) is 5.73 Å². The lowest BCUT2D eigenvalue weighted by atomic mass is 10.1. The molecule has 26 heavy (non-hydrogen) atoms. The van der Waals surface area contributed by atoms with Gasteiger partial charge < -0.3 is 16.0 Å². The van der Waals surface area contributed by atoms with Gasteiger partial charge in [0.2, 0.25) is 5.91 Å². The number of para-hydroxylation sites is 1. The molecule has 1 amide bonds. The van der Waals surface area contributed by atoms with Gasteiger partial charge in [-0.05, 0) is 37.5 Å². The molecule has 2 atom stereocenters. The van der Waals surface area contributed by atoms with E-state index < -0.39 is 6.04 Å². The van der Waals surface area contributed by atoms with Crippen molar-refractivity contribution in [3.8, 4) is 0 Å². The monoisotopic (exact) mass is 395 g/mol. The van der Waals surface area contributed by atoms with Crippen LogP contribution in [0.25, 0.3) is 0 Å². The quantitative estimate of drug-likeness (QED) is 0.815. The zero-order valence-corrected chi connectivity index (χ0v) is 16.8. The zero-order chi connectivity index (χ0) is 17.1. The Labute approximate surface area is 168 Å². The number of nitrogens with two attached hydrogens (primary N) is 1. The normalized spacial score (nSPS) is 14.5. The topological polar surface area (TPSA) is 58.4 Å². The standard InChI is InChI=1S/C20H25N3O.2ClH/c1-14-7-9-17(10-8-14)19(21)20(24)22-13-15(2)23-12-11-16-5-3-4-6-18(16)23;;/h3-10,15,19H,11-13,21H2,1-2H3,(H,22,24);2*1H. The van der Waals surface area contributed by atoms with Gasteiger partial charge in [-0.15, -0.1) is 24.8 Å². The van der Waals surface area contributed by atoms with Crippen molar-refractivity contribution < 1.29 is 4.79 Å². The first kappa shape index (κ1) is 22.3. The lowest BCUT2D eigenvalue weighted by molar-refractivity contribution is -0.122. The van der Waals surface area contributed by atoms with E-state index >= 15 is 0 Å². The van der Waals surface area contributed by atoms with Crippen LogP contribution in [0.4, 0.5) is 5.69 Å². The van der Waals surface area contributed by atoms with E-state index in [9.17, 15) is 4.79 Å². The van der Waals surface area contributed by atoms with Crippen LogP contribution in [-0.2, 0) is 11.2 Å². The number of fused-ring (bicyclic) bond motifs is 1. The highest BCUT2D eigenvalue weighted by molar-refractivity contribution is 5.85. The van der Waals surface area contributed by atoms with Crippen LogP contribution in [0.15, 0.2) is 48.5 Å². The van der Waals surface area contributed by atoms with Gasteiger partial charge >= 0.3 is 0 Å². The van der Waals surface area contributed by atoms with Gasteiger partial charge in [0.1, 0.15) is 6.04 Å². The van der Waals surface area contributed by atoms with Crippen molar-refractivity contribution in [3.63, 3.8) is 0 Å². The molecule has 2 unspecified atom stereocenters. The molecule has 0 aromatic heterocycles. The van der Waals surface area contributed by atoms with E-state index in [2.05, 4.69) is 41.4 Å². The van der Waals surface area contributed by atoms with Gasteiger partial charge in [0, 0.05) is 24.8 Å². The summed E-state index contributed by atoms with van der Waals surface area (Å²) in [5.41, 5.74) is 10.7. The number of nitrogens with one attached hydrogen (secondary N) is 1. The molecule has 6 heteroatoms. The maximum atomic E-state index is 12.3. The molecule has 1 heterocycles. The van der Waals surface area contributed by atoms with Gasteiger partial charge in [0.25, 0.3) is 0 Å². The molecule has 0 spiro atoms. The number of amides is 1. The third-order valence-electron chi connectivity index (χ3n) is 4.75. The minimum absolute atomic E-state index is 0. The van der Waals surface area contributed by atoms with Crippen molar-refractivity contribution in [2.45, 2.75) is 32.4 Å². The van der Waals surface area contributed by atoms with E-state index in [1.807, 2.05) is 31.2 Å². The average Bonchev–Trinajstić information content (AvgIpc) is 3.03. The van der Waals surface area contributed by atoms with Crippen molar-refractivity contribution in [2.75, 3.05) is 18.0 Å². The molecule has 0 bridgehead atoms. The Hall–Kier alpha value is -1.75. The maximum absolute atomic E-state index is 12.3. The second-order valence-electron chi connectivity index (χ2n) is 6.55. The second kappa shape index (κ2) is 9.81. The lowest BCUT2D eigenvalue weighted by Crippen LogP contribution is -2.44. The van der Waals surface area contributed by atoms with Crippen LogP contribution in [0, 0.1) is 6.92 Å². The first-order valence-electron chi connectivity index (χ1n) is 8.50. The van der Waals surface area contributed by atoms with Crippen LogP contribution < -0.4 is 16.0 Å². The third-order valence-corrected chi connectivity index (χ3v) is 4.75. The summed E-state index contributed by atoms with van der Waals surface area (Å²) in [4.78, 5) is 14.7. The number of carbonyl (C=O) groups excluding carboxylic acids is 1. The predicted octanol–water partition coefficient (Wildman–Crippen LogP) is 3.41. The molecule has 3 N–H and O–H groups in total. The second-order valence-corrected chi connectivity index (χ2v) is 6.55. The SMILES string of the molecule is Cc1ccc(C(N)C(=O)NCC(C)N2CCc3ccccc32)cc1.Cl.Cl. The molecular weight excluding hydrogens is 369 g/mol. The highest BCUT2D eigenvalue weighted by Crippen LogP contribution is 2.28. The summed E-state index contributed by atoms with van der Waals surface area (Å²) in [5.74, 6) is -0.127. The number of benzene rings is 2. The first-order chi connectivity index (χ1) is 11.6. The molecule has 1 aliphatic heterocycles. The summed E-state index contributed by atoms with van der Waals surface area (Å²) in [7, 11) is 0. The Bertz CT molecular complexity index is 721. The van der Waals surface area contributed by atoms with Crippen molar-refractivity contribution in [1.82, 2.24) is 5.32 Å². The molecule has 0 saturated heterocycles. The highest BCUT2D eigenvalue weighted by atomic mass is 35.5. The van der Waals surface area contributed by atoms with Crippen LogP contribution in [0.3, 0.4) is 0 Å². The molecule has 0 radical (unpaired) electrons. The summed E-state index contributed by atoms with van der Waals surface area (Å²) in [6.45, 7) is 5.75. The molecular formula is C20H27Cl2N3O. The van der Waals surface area contributed by atoms with Gasteiger partial charge in [-0.1, -0.05) is 48.0 Å². The Morgan fingerprint density at radius 1 is 1.15 bits per heavy atom. The fraction of sp³-hybridized carbons (Fsp3) is 0.350. The van der Waals surface area contributed by atoms with Crippen molar-refractivity contribution in [1.29, 1.82) is 0 Å². The average molecular weight is 396 g/mol. The Balaban J connectivity index is 0.00000169. The molecule has 4 nitrogen and oxygen atoms in total. The molecule has 142 valence electrons. The fourth-order valence-corrected chi connectivity index (χ4v) is 3.22. The third kappa shape index (κ3) is 4.91. The van der Waals surface area contributed by atoms with Gasteiger partial charge in [-0.3, -0.25) is 4.79 Å². The molecule has 2 aromatic rings. The lowest BCUT2D eigenvalue weighted by Gasteiger charge is -2.28. The summed E-state index contributed by atoms with van der Waals surface area (Å²) in [6.07, 6.45) is 1.07. The van der Waals surface area contributed by atoms with Crippen LogP contribution >= 0.6 is 24.8 Å². The molecule has 2 aromatic carbocycles. The minimum Gasteiger partial charge on any atom is -0.366 e. The number of halogens is 2. The van der Waals surface area contributed by atoms with E-state index in [0.717, 1.165) is 24.1 Å². The summed E-state index contributed by atoms with van der Waals surface area (Å²) < 4.78 is 0. The van der Waals surface area contributed by atoms with Gasteiger partial charge in [-0.2, -0.15) is 0 Å². The Morgan fingerprint density at radius 2 is 1.81 bits per heavy atom. The zero-order valence-electron chi connectivity index (χ0n) is 15.1. The van der Waals surface area contributed by atoms with Gasteiger partial charge in [0.05, 0.1) is 0 Å². The van der Waals surface area contributed by atoms with Crippen LogP contribution in [0.5, 0.6) is 0 Å². The smallest absolute Gasteiger partial charge is 0.241 e.